The van der Waals surface area contributed by atoms with Gasteiger partial charge < -0.3 is 14.6 Å². The molecule has 1 N–H and O–H groups in total. The highest BCUT2D eigenvalue weighted by Crippen LogP contribution is 2.22. The van der Waals surface area contributed by atoms with Gasteiger partial charge in [0.25, 0.3) is 5.91 Å². The fourth-order valence-electron chi connectivity index (χ4n) is 3.39. The van der Waals surface area contributed by atoms with E-state index in [1.54, 1.807) is 19.1 Å². The predicted molar refractivity (Wildman–Crippen MR) is 129 cm³/mol. The van der Waals surface area contributed by atoms with Crippen molar-refractivity contribution in [1.29, 1.82) is 5.26 Å². The minimum Gasteiger partial charge on any atom is -0.451 e. The first-order valence-corrected chi connectivity index (χ1v) is 12.1. The molecular formula is C24H30N4O5S. The SMILES string of the molecule is CCCn1c(C)cc(C=C(C#N)C(=O)OCC(=O)Nc2ccc(C)c(S(=O)(=O)N(C)C)c2)c1C. The standard InChI is InChI=1S/C24H30N4O5S/c1-7-10-28-17(3)11-19(18(28)4)12-20(14-25)24(30)33-15-23(29)26-21-9-8-16(2)22(13-21)34(31,32)27(5)6/h8-9,11-13H,7,10,15H2,1-6H3,(H,26,29). The molecule has 0 atom stereocenters. The van der Waals surface area contributed by atoms with Crippen molar-refractivity contribution in [2.45, 2.75) is 45.6 Å². The molecule has 9 nitrogen and oxygen atoms in total. The second-order valence-electron chi connectivity index (χ2n) is 8.04. The van der Waals surface area contributed by atoms with Crippen molar-refractivity contribution >= 4 is 33.7 Å². The van der Waals surface area contributed by atoms with E-state index in [9.17, 15) is 23.3 Å². The van der Waals surface area contributed by atoms with Gasteiger partial charge in [0.2, 0.25) is 10.0 Å². The Balaban J connectivity index is 2.10. The molecule has 182 valence electrons. The number of sulfonamides is 1. The molecule has 0 bridgehead atoms. The Hall–Kier alpha value is -3.42. The zero-order valence-electron chi connectivity index (χ0n) is 20.3. The maximum atomic E-state index is 12.5. The summed E-state index contributed by atoms with van der Waals surface area (Å²) in [6, 6.07) is 8.18. The molecule has 0 saturated carbocycles. The number of hydrogen-bond acceptors (Lipinski definition) is 6. The Morgan fingerprint density at radius 2 is 1.88 bits per heavy atom. The lowest BCUT2D eigenvalue weighted by Gasteiger charge is -2.15. The molecule has 34 heavy (non-hydrogen) atoms. The van der Waals surface area contributed by atoms with Crippen LogP contribution >= 0.6 is 0 Å². The smallest absolute Gasteiger partial charge is 0.349 e. The van der Waals surface area contributed by atoms with Gasteiger partial charge in [-0.3, -0.25) is 4.79 Å². The van der Waals surface area contributed by atoms with Crippen LogP contribution in [0.2, 0.25) is 0 Å². The fraction of sp³-hybridized carbons (Fsp3) is 0.375. The molecule has 2 aromatic rings. The summed E-state index contributed by atoms with van der Waals surface area (Å²) < 4.78 is 33.1. The van der Waals surface area contributed by atoms with Crippen molar-refractivity contribution in [3.05, 3.63) is 52.4 Å². The second kappa shape index (κ2) is 11.1. The van der Waals surface area contributed by atoms with Gasteiger partial charge in [0.05, 0.1) is 4.90 Å². The monoisotopic (exact) mass is 486 g/mol. The van der Waals surface area contributed by atoms with Crippen LogP contribution in [-0.2, 0) is 30.9 Å². The molecule has 0 fully saturated rings. The molecule has 0 aliphatic rings. The quantitative estimate of drug-likeness (QED) is 0.330. The number of amides is 1. The molecule has 0 unspecified atom stereocenters. The predicted octanol–water partition coefficient (Wildman–Crippen LogP) is 3.16. The summed E-state index contributed by atoms with van der Waals surface area (Å²) >= 11 is 0. The van der Waals surface area contributed by atoms with E-state index in [4.69, 9.17) is 4.74 Å². The minimum absolute atomic E-state index is 0.0580. The van der Waals surface area contributed by atoms with Crippen LogP contribution in [0.5, 0.6) is 0 Å². The largest absolute Gasteiger partial charge is 0.451 e. The van der Waals surface area contributed by atoms with Crippen LogP contribution in [0.4, 0.5) is 5.69 Å². The van der Waals surface area contributed by atoms with Crippen molar-refractivity contribution in [2.75, 3.05) is 26.0 Å². The number of esters is 1. The molecule has 1 amide bonds. The van der Waals surface area contributed by atoms with E-state index >= 15 is 0 Å². The number of hydrogen-bond donors (Lipinski definition) is 1. The first-order chi connectivity index (χ1) is 15.9. The lowest BCUT2D eigenvalue weighted by molar-refractivity contribution is -0.142. The van der Waals surface area contributed by atoms with E-state index < -0.39 is 28.5 Å². The molecule has 10 heteroatoms. The molecular weight excluding hydrogens is 456 g/mol. The third kappa shape index (κ3) is 6.12. The highest BCUT2D eigenvalue weighted by molar-refractivity contribution is 7.89. The number of anilines is 1. The number of ether oxygens (including phenoxy) is 1. The van der Waals surface area contributed by atoms with Crippen LogP contribution in [0.3, 0.4) is 0 Å². The molecule has 1 aromatic heterocycles. The van der Waals surface area contributed by atoms with E-state index in [1.807, 2.05) is 26.0 Å². The Bertz CT molecular complexity index is 1270. The third-order valence-corrected chi connectivity index (χ3v) is 7.22. The molecule has 0 aliphatic carbocycles. The number of nitrogens with zero attached hydrogens (tertiary/aromatic N) is 3. The maximum absolute atomic E-state index is 12.5. The van der Waals surface area contributed by atoms with Crippen molar-refractivity contribution < 1.29 is 22.7 Å². The summed E-state index contributed by atoms with van der Waals surface area (Å²) in [5, 5.41) is 11.9. The van der Waals surface area contributed by atoms with E-state index in [0.717, 1.165) is 34.2 Å². The third-order valence-electron chi connectivity index (χ3n) is 5.27. The minimum atomic E-state index is -3.69. The van der Waals surface area contributed by atoms with Crippen molar-refractivity contribution in [2.24, 2.45) is 0 Å². The molecule has 0 aliphatic heterocycles. The van der Waals surface area contributed by atoms with Gasteiger partial charge in [-0.1, -0.05) is 13.0 Å². The maximum Gasteiger partial charge on any atom is 0.349 e. The van der Waals surface area contributed by atoms with E-state index in [2.05, 4.69) is 16.8 Å². The zero-order chi connectivity index (χ0) is 25.6. The Morgan fingerprint density at radius 3 is 2.47 bits per heavy atom. The van der Waals surface area contributed by atoms with Gasteiger partial charge >= 0.3 is 5.97 Å². The van der Waals surface area contributed by atoms with Crippen LogP contribution in [-0.4, -0.2) is 49.9 Å². The molecule has 2 rings (SSSR count). The highest BCUT2D eigenvalue weighted by Gasteiger charge is 2.21. The van der Waals surface area contributed by atoms with Gasteiger partial charge in [-0.05, 0) is 62.6 Å². The number of rotatable bonds is 9. The topological polar surface area (TPSA) is 121 Å². The summed E-state index contributed by atoms with van der Waals surface area (Å²) in [4.78, 5) is 24.7. The van der Waals surface area contributed by atoms with Crippen LogP contribution in [0.1, 0.15) is 35.9 Å². The highest BCUT2D eigenvalue weighted by atomic mass is 32.2. The average Bonchev–Trinajstić information content (AvgIpc) is 3.04. The number of carbonyl (C=O) groups excluding carboxylic acids is 2. The lowest BCUT2D eigenvalue weighted by atomic mass is 10.1. The summed E-state index contributed by atoms with van der Waals surface area (Å²) in [6.07, 6.45) is 2.40. The fourth-order valence-corrected chi connectivity index (χ4v) is 4.54. The second-order valence-corrected chi connectivity index (χ2v) is 10.2. The molecule has 1 heterocycles. The number of benzene rings is 1. The lowest BCUT2D eigenvalue weighted by Crippen LogP contribution is -2.24. The molecule has 0 saturated heterocycles. The number of nitriles is 1. The van der Waals surface area contributed by atoms with Gasteiger partial charge in [-0.15, -0.1) is 0 Å². The van der Waals surface area contributed by atoms with Gasteiger partial charge in [0, 0.05) is 37.7 Å². The Morgan fingerprint density at radius 1 is 1.21 bits per heavy atom. The summed E-state index contributed by atoms with van der Waals surface area (Å²) in [5.74, 6) is -1.58. The van der Waals surface area contributed by atoms with Gasteiger partial charge in [-0.25, -0.2) is 17.5 Å². The molecule has 1 aromatic carbocycles. The summed E-state index contributed by atoms with van der Waals surface area (Å²) in [5.41, 5.74) is 3.23. The average molecular weight is 487 g/mol. The number of aryl methyl sites for hydroxylation is 2. The summed E-state index contributed by atoms with van der Waals surface area (Å²) in [6.45, 7) is 7.78. The number of aromatic nitrogens is 1. The van der Waals surface area contributed by atoms with Gasteiger partial charge in [0.1, 0.15) is 11.6 Å². The number of carbonyl (C=O) groups is 2. The van der Waals surface area contributed by atoms with Crippen molar-refractivity contribution in [3.63, 3.8) is 0 Å². The van der Waals surface area contributed by atoms with Crippen molar-refractivity contribution in [3.8, 4) is 6.07 Å². The molecule has 0 spiro atoms. The van der Waals surface area contributed by atoms with Gasteiger partial charge in [0.15, 0.2) is 6.61 Å². The van der Waals surface area contributed by atoms with E-state index in [0.29, 0.717) is 5.56 Å². The Kier molecular flexibility index (Phi) is 8.79. The summed E-state index contributed by atoms with van der Waals surface area (Å²) in [7, 11) is -0.857. The first kappa shape index (κ1) is 26.8. The first-order valence-electron chi connectivity index (χ1n) is 10.7. The Labute approximate surface area is 200 Å². The van der Waals surface area contributed by atoms with Crippen LogP contribution in [0, 0.1) is 32.1 Å². The zero-order valence-corrected chi connectivity index (χ0v) is 21.1. The van der Waals surface area contributed by atoms with Crippen LogP contribution in [0.25, 0.3) is 6.08 Å². The van der Waals surface area contributed by atoms with Crippen LogP contribution < -0.4 is 5.32 Å². The molecule has 0 radical (unpaired) electrons. The van der Waals surface area contributed by atoms with Gasteiger partial charge in [-0.2, -0.15) is 5.26 Å². The number of nitrogens with one attached hydrogen (secondary N) is 1. The van der Waals surface area contributed by atoms with E-state index in [1.165, 1.54) is 26.2 Å². The normalized spacial score (nSPS) is 11.9. The van der Waals surface area contributed by atoms with Crippen LogP contribution in [0.15, 0.2) is 34.7 Å². The van der Waals surface area contributed by atoms with Crippen molar-refractivity contribution in [1.82, 2.24) is 8.87 Å². The van der Waals surface area contributed by atoms with E-state index in [-0.39, 0.29) is 16.2 Å².